The third-order valence-corrected chi connectivity index (χ3v) is 3.42. The second-order valence-corrected chi connectivity index (χ2v) is 5.12. The Morgan fingerprint density at radius 3 is 2.79 bits per heavy atom. The maximum absolute atomic E-state index is 11.5. The van der Waals surface area contributed by atoms with Crippen LogP contribution in [0.15, 0.2) is 16.5 Å². The Morgan fingerprint density at radius 1 is 1.42 bits per heavy atom. The molecule has 5 nitrogen and oxygen atoms in total. The number of furan rings is 1. The minimum Gasteiger partial charge on any atom is -0.481 e. The molecular formula is C14H19NO4. The lowest BCUT2D eigenvalue weighted by Gasteiger charge is -2.02. The van der Waals surface area contributed by atoms with Crippen LogP contribution in [0.3, 0.4) is 0 Å². The number of aliphatic carboxylic acids is 1. The van der Waals surface area contributed by atoms with Crippen LogP contribution >= 0.6 is 0 Å². The van der Waals surface area contributed by atoms with Crippen LogP contribution in [0.25, 0.3) is 0 Å². The average molecular weight is 265 g/mol. The molecule has 2 atom stereocenters. The number of carbonyl (C=O) groups excluding carboxylic acids is 1. The molecule has 19 heavy (non-hydrogen) atoms. The monoisotopic (exact) mass is 265 g/mol. The number of carbonyl (C=O) groups is 2. The summed E-state index contributed by atoms with van der Waals surface area (Å²) in [7, 11) is 0. The summed E-state index contributed by atoms with van der Waals surface area (Å²) in [5, 5.41) is 11.0. The van der Waals surface area contributed by atoms with Crippen molar-refractivity contribution < 1.29 is 19.1 Å². The molecule has 0 bridgehead atoms. The van der Waals surface area contributed by atoms with Crippen LogP contribution in [0.4, 0.5) is 0 Å². The molecule has 2 unspecified atom stereocenters. The highest BCUT2D eigenvalue weighted by Gasteiger charge is 2.36. The van der Waals surface area contributed by atoms with Gasteiger partial charge < -0.3 is 14.8 Å². The van der Waals surface area contributed by atoms with Crippen molar-refractivity contribution in [3.8, 4) is 0 Å². The molecule has 1 heterocycles. The van der Waals surface area contributed by atoms with Gasteiger partial charge in [-0.1, -0.05) is 6.92 Å². The van der Waals surface area contributed by atoms with Gasteiger partial charge in [0.05, 0.1) is 6.42 Å². The van der Waals surface area contributed by atoms with E-state index in [1.165, 1.54) is 6.42 Å². The van der Waals surface area contributed by atoms with Crippen molar-refractivity contribution in [2.45, 2.75) is 38.5 Å². The molecule has 104 valence electrons. The SMILES string of the molecule is CC1CC1c1ccc(CCC(=O)NCCC(=O)O)o1. The Bertz CT molecular complexity index is 466. The van der Waals surface area contributed by atoms with Crippen LogP contribution in [-0.2, 0) is 16.0 Å². The highest BCUT2D eigenvalue weighted by molar-refractivity contribution is 5.76. The molecule has 1 fully saturated rings. The summed E-state index contributed by atoms with van der Waals surface area (Å²) in [6, 6.07) is 3.91. The van der Waals surface area contributed by atoms with Crippen LogP contribution in [0.1, 0.15) is 43.6 Å². The van der Waals surface area contributed by atoms with E-state index in [1.807, 2.05) is 12.1 Å². The summed E-state index contributed by atoms with van der Waals surface area (Å²) in [5.74, 6) is 2.06. The number of amides is 1. The molecule has 0 saturated heterocycles. The van der Waals surface area contributed by atoms with Gasteiger partial charge >= 0.3 is 5.97 Å². The lowest BCUT2D eigenvalue weighted by atomic mass is 10.2. The predicted octanol–water partition coefficient (Wildman–Crippen LogP) is 1.93. The van der Waals surface area contributed by atoms with Crippen molar-refractivity contribution in [1.29, 1.82) is 0 Å². The van der Waals surface area contributed by atoms with Crippen molar-refractivity contribution >= 4 is 11.9 Å². The van der Waals surface area contributed by atoms with Gasteiger partial charge in [-0.2, -0.15) is 0 Å². The molecule has 1 amide bonds. The first-order valence-electron chi connectivity index (χ1n) is 6.63. The van der Waals surface area contributed by atoms with E-state index in [9.17, 15) is 9.59 Å². The summed E-state index contributed by atoms with van der Waals surface area (Å²) in [6.07, 6.45) is 2.02. The molecule has 0 aliphatic heterocycles. The van der Waals surface area contributed by atoms with E-state index in [0.29, 0.717) is 24.7 Å². The first-order valence-corrected chi connectivity index (χ1v) is 6.63. The Kier molecular flexibility index (Phi) is 4.24. The first-order chi connectivity index (χ1) is 9.06. The fraction of sp³-hybridized carbons (Fsp3) is 0.571. The van der Waals surface area contributed by atoms with E-state index in [0.717, 1.165) is 11.5 Å². The Morgan fingerprint density at radius 2 is 2.16 bits per heavy atom. The number of hydrogen-bond acceptors (Lipinski definition) is 3. The molecule has 0 aromatic carbocycles. The predicted molar refractivity (Wildman–Crippen MR) is 68.8 cm³/mol. The number of nitrogens with one attached hydrogen (secondary N) is 1. The zero-order valence-corrected chi connectivity index (χ0v) is 11.0. The van der Waals surface area contributed by atoms with Gasteiger partial charge in [0, 0.05) is 25.3 Å². The zero-order valence-electron chi connectivity index (χ0n) is 11.0. The number of hydrogen-bond donors (Lipinski definition) is 2. The van der Waals surface area contributed by atoms with Crippen LogP contribution < -0.4 is 5.32 Å². The molecule has 2 N–H and O–H groups in total. The highest BCUT2D eigenvalue weighted by Crippen LogP contribution is 2.47. The van der Waals surface area contributed by atoms with Gasteiger partial charge in [-0.05, 0) is 24.5 Å². The van der Waals surface area contributed by atoms with Crippen LogP contribution in [0.5, 0.6) is 0 Å². The Balaban J connectivity index is 1.68. The van der Waals surface area contributed by atoms with E-state index < -0.39 is 5.97 Å². The fourth-order valence-electron chi connectivity index (χ4n) is 2.08. The van der Waals surface area contributed by atoms with E-state index in [1.54, 1.807) is 0 Å². The van der Waals surface area contributed by atoms with E-state index >= 15 is 0 Å². The van der Waals surface area contributed by atoms with Gasteiger partial charge in [0.2, 0.25) is 5.91 Å². The fourth-order valence-corrected chi connectivity index (χ4v) is 2.08. The van der Waals surface area contributed by atoms with Crippen LogP contribution in [0.2, 0.25) is 0 Å². The lowest BCUT2D eigenvalue weighted by Crippen LogP contribution is -2.26. The van der Waals surface area contributed by atoms with Gasteiger partial charge in [0.1, 0.15) is 11.5 Å². The molecular weight excluding hydrogens is 246 g/mol. The molecule has 0 radical (unpaired) electrons. The van der Waals surface area contributed by atoms with Gasteiger partial charge in [0.15, 0.2) is 0 Å². The van der Waals surface area contributed by atoms with Crippen molar-refractivity contribution in [3.63, 3.8) is 0 Å². The molecule has 1 aromatic heterocycles. The first kappa shape index (κ1) is 13.6. The third kappa shape index (κ3) is 4.12. The van der Waals surface area contributed by atoms with Gasteiger partial charge in [0.25, 0.3) is 0 Å². The van der Waals surface area contributed by atoms with Crippen molar-refractivity contribution in [1.82, 2.24) is 5.32 Å². The molecule has 1 aliphatic rings. The quantitative estimate of drug-likeness (QED) is 0.789. The Labute approximate surface area is 112 Å². The van der Waals surface area contributed by atoms with E-state index in [4.69, 9.17) is 9.52 Å². The highest BCUT2D eigenvalue weighted by atomic mass is 16.4. The van der Waals surface area contributed by atoms with E-state index in [-0.39, 0.29) is 18.9 Å². The van der Waals surface area contributed by atoms with Gasteiger partial charge in [-0.15, -0.1) is 0 Å². The van der Waals surface area contributed by atoms with Crippen LogP contribution in [0, 0.1) is 5.92 Å². The number of aryl methyl sites for hydroxylation is 1. The molecule has 1 saturated carbocycles. The largest absolute Gasteiger partial charge is 0.481 e. The van der Waals surface area contributed by atoms with Gasteiger partial charge in [-0.25, -0.2) is 0 Å². The van der Waals surface area contributed by atoms with Gasteiger partial charge in [-0.3, -0.25) is 9.59 Å². The average Bonchev–Trinajstić information content (AvgIpc) is 2.90. The molecule has 0 spiro atoms. The second kappa shape index (κ2) is 5.91. The third-order valence-electron chi connectivity index (χ3n) is 3.42. The van der Waals surface area contributed by atoms with Crippen molar-refractivity contribution in [2.75, 3.05) is 6.54 Å². The number of rotatable bonds is 7. The summed E-state index contributed by atoms with van der Waals surface area (Å²) in [6.45, 7) is 2.37. The van der Waals surface area contributed by atoms with Crippen LogP contribution in [-0.4, -0.2) is 23.5 Å². The maximum atomic E-state index is 11.5. The van der Waals surface area contributed by atoms with Crippen molar-refractivity contribution in [2.24, 2.45) is 5.92 Å². The van der Waals surface area contributed by atoms with E-state index in [2.05, 4.69) is 12.2 Å². The summed E-state index contributed by atoms with van der Waals surface area (Å²) >= 11 is 0. The summed E-state index contributed by atoms with van der Waals surface area (Å²) < 4.78 is 5.70. The minimum atomic E-state index is -0.908. The normalized spacial score (nSPS) is 21.1. The molecule has 5 heteroatoms. The molecule has 1 aliphatic carbocycles. The summed E-state index contributed by atoms with van der Waals surface area (Å²) in [5.41, 5.74) is 0. The standard InChI is InChI=1S/C14H19NO4/c1-9-8-11(9)12-4-2-10(19-12)3-5-13(16)15-7-6-14(17)18/h2,4,9,11H,3,5-8H2,1H3,(H,15,16)(H,17,18). The topological polar surface area (TPSA) is 79.5 Å². The second-order valence-electron chi connectivity index (χ2n) is 5.12. The number of carboxylic acid groups (broad SMARTS) is 1. The minimum absolute atomic E-state index is 0.0454. The Hall–Kier alpha value is -1.78. The smallest absolute Gasteiger partial charge is 0.305 e. The maximum Gasteiger partial charge on any atom is 0.305 e. The summed E-state index contributed by atoms with van der Waals surface area (Å²) in [4.78, 5) is 21.8. The zero-order chi connectivity index (χ0) is 13.8. The molecule has 1 aromatic rings. The molecule has 2 rings (SSSR count). The van der Waals surface area contributed by atoms with Crippen molar-refractivity contribution in [3.05, 3.63) is 23.7 Å². The lowest BCUT2D eigenvalue weighted by molar-refractivity contribution is -0.136. The number of carboxylic acids is 1.